The van der Waals surface area contributed by atoms with Crippen molar-refractivity contribution in [3.8, 4) is 0 Å². The van der Waals surface area contributed by atoms with Crippen LogP contribution in [0.5, 0.6) is 0 Å². The highest BCUT2D eigenvalue weighted by atomic mass is 28.4. The largest absolute Gasteiger partial charge is 0.409 e. The van der Waals surface area contributed by atoms with Gasteiger partial charge >= 0.3 is 0 Å². The number of methoxy groups -OCH3 is 1. The Labute approximate surface area is 108 Å². The minimum Gasteiger partial charge on any atom is -0.409 e. The fraction of sp³-hybridized carbons (Fsp3) is 0.857. The van der Waals surface area contributed by atoms with Crippen LogP contribution in [0.3, 0.4) is 0 Å². The molecule has 2 nitrogen and oxygen atoms in total. The maximum atomic E-state index is 6.27. The lowest BCUT2D eigenvalue weighted by atomic mass is 9.78. The molecule has 0 N–H and O–H groups in total. The first kappa shape index (κ1) is 14.9. The monoisotopic (exact) mass is 256 g/mol. The van der Waals surface area contributed by atoms with Crippen molar-refractivity contribution in [1.29, 1.82) is 0 Å². The number of hydrogen-bond acceptors (Lipinski definition) is 2. The third-order valence-electron chi connectivity index (χ3n) is 3.59. The van der Waals surface area contributed by atoms with Gasteiger partial charge in [0.2, 0.25) is 0 Å². The second-order valence-corrected chi connectivity index (χ2v) is 11.3. The molecule has 1 rings (SSSR count). The van der Waals surface area contributed by atoms with E-state index in [1.54, 1.807) is 7.11 Å². The van der Waals surface area contributed by atoms with Crippen LogP contribution >= 0.6 is 0 Å². The Morgan fingerprint density at radius 1 is 1.29 bits per heavy atom. The minimum absolute atomic E-state index is 0.0647. The number of rotatable bonds is 4. The maximum Gasteiger partial charge on any atom is 0.184 e. The van der Waals surface area contributed by atoms with E-state index in [0.29, 0.717) is 5.92 Å². The average molecular weight is 256 g/mol. The van der Waals surface area contributed by atoms with Crippen LogP contribution in [-0.4, -0.2) is 26.6 Å². The van der Waals surface area contributed by atoms with E-state index in [4.69, 9.17) is 9.16 Å². The van der Waals surface area contributed by atoms with Crippen LogP contribution < -0.4 is 0 Å². The predicted octanol–water partition coefficient (Wildman–Crippen LogP) is 3.99. The molecule has 0 fully saturated rings. The summed E-state index contributed by atoms with van der Waals surface area (Å²) >= 11 is 0. The summed E-state index contributed by atoms with van der Waals surface area (Å²) in [6, 6.07) is 0. The van der Waals surface area contributed by atoms with Crippen LogP contribution in [0.1, 0.15) is 33.6 Å². The average Bonchev–Trinajstić information content (AvgIpc) is 2.15. The first-order valence-corrected chi connectivity index (χ1v) is 9.93. The van der Waals surface area contributed by atoms with Gasteiger partial charge in [0.1, 0.15) is 0 Å². The lowest BCUT2D eigenvalue weighted by Gasteiger charge is -2.41. The van der Waals surface area contributed by atoms with Gasteiger partial charge in [-0.05, 0) is 53.3 Å². The van der Waals surface area contributed by atoms with E-state index < -0.39 is 8.32 Å². The third-order valence-corrected chi connectivity index (χ3v) is 4.67. The summed E-state index contributed by atoms with van der Waals surface area (Å²) in [5, 5.41) is 0. The van der Waals surface area contributed by atoms with Gasteiger partial charge in [-0.25, -0.2) is 0 Å². The molecule has 0 aliphatic heterocycles. The first-order valence-electron chi connectivity index (χ1n) is 6.53. The third kappa shape index (κ3) is 4.23. The number of hydrogen-bond donors (Lipinski definition) is 0. The molecule has 0 amide bonds. The Morgan fingerprint density at radius 2 is 1.88 bits per heavy atom. The molecule has 0 saturated carbocycles. The van der Waals surface area contributed by atoms with Crippen molar-refractivity contribution in [2.24, 2.45) is 5.92 Å². The second kappa shape index (κ2) is 4.86. The van der Waals surface area contributed by atoms with Gasteiger partial charge in [-0.3, -0.25) is 0 Å². The molecule has 0 aromatic heterocycles. The molecule has 0 aromatic rings. The van der Waals surface area contributed by atoms with Crippen molar-refractivity contribution in [1.82, 2.24) is 0 Å². The van der Waals surface area contributed by atoms with Crippen molar-refractivity contribution < 1.29 is 9.16 Å². The van der Waals surface area contributed by atoms with Gasteiger partial charge in [-0.15, -0.1) is 0 Å². The second-order valence-electron chi connectivity index (χ2n) is 6.84. The molecule has 0 bridgehead atoms. The quantitative estimate of drug-likeness (QED) is 0.559. The Bertz CT molecular complexity index is 291. The highest BCUT2D eigenvalue weighted by Crippen LogP contribution is 2.36. The highest BCUT2D eigenvalue weighted by molar-refractivity contribution is 6.69. The molecule has 1 aliphatic rings. The van der Waals surface area contributed by atoms with Crippen LogP contribution in [0.15, 0.2) is 12.2 Å². The van der Waals surface area contributed by atoms with E-state index in [2.05, 4.69) is 52.6 Å². The first-order chi connectivity index (χ1) is 7.58. The molecule has 3 heteroatoms. The Balaban J connectivity index is 2.72. The van der Waals surface area contributed by atoms with Crippen molar-refractivity contribution in [3.63, 3.8) is 0 Å². The van der Waals surface area contributed by atoms with Gasteiger partial charge in [0.05, 0.1) is 11.2 Å². The zero-order chi connectivity index (χ0) is 13.3. The van der Waals surface area contributed by atoms with E-state index in [-0.39, 0.29) is 11.2 Å². The summed E-state index contributed by atoms with van der Waals surface area (Å²) in [7, 11) is 0.316. The Morgan fingerprint density at radius 3 is 2.24 bits per heavy atom. The maximum absolute atomic E-state index is 6.27. The van der Waals surface area contributed by atoms with Gasteiger partial charge in [-0.1, -0.05) is 12.2 Å². The van der Waals surface area contributed by atoms with Crippen LogP contribution in [-0.2, 0) is 9.16 Å². The molecular formula is C14H28O2Si. The SMILES string of the molecule is COC(C)(C)C1C=CC(C)(O[Si](C)(C)C)CC1. The summed E-state index contributed by atoms with van der Waals surface area (Å²) in [4.78, 5) is 0. The van der Waals surface area contributed by atoms with Crippen LogP contribution in [0.4, 0.5) is 0 Å². The van der Waals surface area contributed by atoms with Crippen molar-refractivity contribution in [2.75, 3.05) is 7.11 Å². The van der Waals surface area contributed by atoms with Crippen molar-refractivity contribution >= 4 is 8.32 Å². The normalized spacial score (nSPS) is 30.6. The fourth-order valence-corrected chi connectivity index (χ4v) is 4.03. The smallest absolute Gasteiger partial charge is 0.184 e. The van der Waals surface area contributed by atoms with Crippen molar-refractivity contribution in [3.05, 3.63) is 12.2 Å². The van der Waals surface area contributed by atoms with Gasteiger partial charge < -0.3 is 9.16 Å². The van der Waals surface area contributed by atoms with Gasteiger partial charge in [0.25, 0.3) is 0 Å². The van der Waals surface area contributed by atoms with E-state index in [1.807, 2.05) is 0 Å². The molecule has 2 unspecified atom stereocenters. The van der Waals surface area contributed by atoms with Gasteiger partial charge in [0, 0.05) is 13.0 Å². The molecule has 17 heavy (non-hydrogen) atoms. The molecule has 1 aliphatic carbocycles. The molecule has 0 aromatic carbocycles. The van der Waals surface area contributed by atoms with Gasteiger partial charge in [0.15, 0.2) is 8.32 Å². The standard InChI is InChI=1S/C14H28O2Si/c1-13(2,15-4)12-8-10-14(3,11-9-12)16-17(5,6)7/h8,10,12H,9,11H2,1-7H3. The molecular weight excluding hydrogens is 228 g/mol. The topological polar surface area (TPSA) is 18.5 Å². The lowest BCUT2D eigenvalue weighted by Crippen LogP contribution is -2.43. The molecule has 0 heterocycles. The van der Waals surface area contributed by atoms with E-state index in [1.165, 1.54) is 0 Å². The molecule has 100 valence electrons. The summed E-state index contributed by atoms with van der Waals surface area (Å²) in [5.41, 5.74) is -0.137. The minimum atomic E-state index is -1.48. The molecule has 0 radical (unpaired) electrons. The van der Waals surface area contributed by atoms with Gasteiger partial charge in [-0.2, -0.15) is 0 Å². The van der Waals surface area contributed by atoms with Crippen LogP contribution in [0.2, 0.25) is 19.6 Å². The fourth-order valence-electron chi connectivity index (χ4n) is 2.46. The van der Waals surface area contributed by atoms with Crippen molar-refractivity contribution in [2.45, 2.75) is 64.5 Å². The summed E-state index contributed by atoms with van der Waals surface area (Å²) in [6.07, 6.45) is 6.76. The number of ether oxygens (including phenoxy) is 1. The van der Waals surface area contributed by atoms with E-state index >= 15 is 0 Å². The van der Waals surface area contributed by atoms with Crippen LogP contribution in [0, 0.1) is 5.92 Å². The molecule has 2 atom stereocenters. The van der Waals surface area contributed by atoms with Crippen LogP contribution in [0.25, 0.3) is 0 Å². The van der Waals surface area contributed by atoms with E-state index in [9.17, 15) is 0 Å². The molecule has 0 saturated heterocycles. The summed E-state index contributed by atoms with van der Waals surface area (Å²) in [6.45, 7) is 13.3. The lowest BCUT2D eigenvalue weighted by molar-refractivity contribution is -0.0248. The Hall–Kier alpha value is -0.123. The zero-order valence-electron chi connectivity index (χ0n) is 12.5. The summed E-state index contributed by atoms with van der Waals surface area (Å²) in [5.74, 6) is 0.491. The Kier molecular flexibility index (Phi) is 4.27. The molecule has 0 spiro atoms. The van der Waals surface area contributed by atoms with E-state index in [0.717, 1.165) is 12.8 Å². The zero-order valence-corrected chi connectivity index (χ0v) is 13.5. The highest BCUT2D eigenvalue weighted by Gasteiger charge is 2.36. The predicted molar refractivity (Wildman–Crippen MR) is 75.8 cm³/mol. The summed E-state index contributed by atoms with van der Waals surface area (Å²) < 4.78 is 11.8.